The summed E-state index contributed by atoms with van der Waals surface area (Å²) in [7, 11) is 0. The van der Waals surface area contributed by atoms with E-state index in [1.54, 1.807) is 29.5 Å². The molecule has 1 amide bonds. The molecule has 1 aliphatic heterocycles. The van der Waals surface area contributed by atoms with Crippen molar-refractivity contribution in [2.24, 2.45) is 0 Å². The van der Waals surface area contributed by atoms with Gasteiger partial charge in [0.05, 0.1) is 17.3 Å². The number of amides is 1. The second kappa shape index (κ2) is 6.43. The maximum Gasteiger partial charge on any atom is 0.255 e. The number of imidazole rings is 1. The summed E-state index contributed by atoms with van der Waals surface area (Å²) in [4.78, 5) is 31.8. The smallest absolute Gasteiger partial charge is 0.255 e. The average Bonchev–Trinajstić information content (AvgIpc) is 3.33. The summed E-state index contributed by atoms with van der Waals surface area (Å²) in [6.45, 7) is 2.60. The predicted octanol–water partition coefficient (Wildman–Crippen LogP) is 2.34. The molecule has 7 heteroatoms. The minimum absolute atomic E-state index is 0.00234. The van der Waals surface area contributed by atoms with E-state index in [9.17, 15) is 4.79 Å². The second-order valence-electron chi connectivity index (χ2n) is 6.06. The molecule has 25 heavy (non-hydrogen) atoms. The number of pyridine rings is 1. The Kier molecular flexibility index (Phi) is 3.97. The number of carbonyl (C=O) groups excluding carboxylic acids is 1. The van der Waals surface area contributed by atoms with Crippen molar-refractivity contribution in [2.45, 2.75) is 25.8 Å². The standard InChI is InChI=1S/C18H18N6O/c1-13-20-7-6-15(22-13)16-3-2-9-24(16)18(25)14-4-5-17(21-11-14)23-10-8-19-12-23/h4-8,10-12,16H,2-3,9H2,1H3/t16-/m1/s1. The van der Waals surface area contributed by atoms with Crippen LogP contribution < -0.4 is 0 Å². The van der Waals surface area contributed by atoms with Crippen molar-refractivity contribution in [3.8, 4) is 5.82 Å². The fourth-order valence-electron chi connectivity index (χ4n) is 3.20. The lowest BCUT2D eigenvalue weighted by Crippen LogP contribution is -2.31. The van der Waals surface area contributed by atoms with Crippen LogP contribution in [0.2, 0.25) is 0 Å². The van der Waals surface area contributed by atoms with Crippen LogP contribution in [0, 0.1) is 6.92 Å². The minimum atomic E-state index is -0.0107. The number of rotatable bonds is 3. The molecule has 126 valence electrons. The molecule has 1 atom stereocenters. The summed E-state index contributed by atoms with van der Waals surface area (Å²) in [5.74, 6) is 1.45. The molecule has 0 bridgehead atoms. The third-order valence-corrected chi connectivity index (χ3v) is 4.42. The molecule has 7 nitrogen and oxygen atoms in total. The molecule has 1 aliphatic rings. The Hall–Kier alpha value is -3.09. The fourth-order valence-corrected chi connectivity index (χ4v) is 3.20. The molecule has 0 spiro atoms. The first kappa shape index (κ1) is 15.4. The summed E-state index contributed by atoms with van der Waals surface area (Å²) in [5, 5.41) is 0. The van der Waals surface area contributed by atoms with Gasteiger partial charge in [0.1, 0.15) is 18.0 Å². The number of hydrogen-bond acceptors (Lipinski definition) is 5. The molecule has 1 saturated heterocycles. The Morgan fingerprint density at radius 1 is 1.20 bits per heavy atom. The van der Waals surface area contributed by atoms with Gasteiger partial charge in [0.25, 0.3) is 5.91 Å². The van der Waals surface area contributed by atoms with E-state index in [1.807, 2.05) is 36.2 Å². The number of aryl methyl sites for hydroxylation is 1. The number of aromatic nitrogens is 5. The molecule has 0 aliphatic carbocycles. The molecule has 0 unspecified atom stereocenters. The fraction of sp³-hybridized carbons (Fsp3) is 0.278. The van der Waals surface area contributed by atoms with E-state index >= 15 is 0 Å². The zero-order valence-electron chi connectivity index (χ0n) is 13.9. The minimum Gasteiger partial charge on any atom is -0.330 e. The third-order valence-electron chi connectivity index (χ3n) is 4.42. The van der Waals surface area contributed by atoms with Crippen molar-refractivity contribution < 1.29 is 4.79 Å². The first-order valence-electron chi connectivity index (χ1n) is 8.27. The molecule has 0 aromatic carbocycles. The highest BCUT2D eigenvalue weighted by Crippen LogP contribution is 2.31. The molecule has 0 saturated carbocycles. The van der Waals surface area contributed by atoms with Crippen LogP contribution in [0.3, 0.4) is 0 Å². The quantitative estimate of drug-likeness (QED) is 0.735. The van der Waals surface area contributed by atoms with Gasteiger partial charge in [0.2, 0.25) is 0 Å². The first-order chi connectivity index (χ1) is 12.2. The van der Waals surface area contributed by atoms with Gasteiger partial charge in [-0.1, -0.05) is 0 Å². The van der Waals surface area contributed by atoms with Crippen molar-refractivity contribution in [1.82, 2.24) is 29.4 Å². The molecule has 3 aromatic heterocycles. The normalized spacial score (nSPS) is 17.0. The topological polar surface area (TPSA) is 76.8 Å². The van der Waals surface area contributed by atoms with Crippen molar-refractivity contribution in [3.63, 3.8) is 0 Å². The largest absolute Gasteiger partial charge is 0.330 e. The average molecular weight is 334 g/mol. The maximum absolute atomic E-state index is 12.9. The van der Waals surface area contributed by atoms with E-state index in [2.05, 4.69) is 19.9 Å². The van der Waals surface area contributed by atoms with Crippen LogP contribution >= 0.6 is 0 Å². The van der Waals surface area contributed by atoms with E-state index in [-0.39, 0.29) is 11.9 Å². The van der Waals surface area contributed by atoms with Crippen LogP contribution in [0.4, 0.5) is 0 Å². The van der Waals surface area contributed by atoms with Gasteiger partial charge < -0.3 is 4.90 Å². The monoisotopic (exact) mass is 334 g/mol. The van der Waals surface area contributed by atoms with E-state index in [1.165, 1.54) is 0 Å². The first-order valence-corrected chi connectivity index (χ1v) is 8.27. The molecule has 1 fully saturated rings. The van der Waals surface area contributed by atoms with E-state index in [0.29, 0.717) is 5.56 Å². The molecule has 0 N–H and O–H groups in total. The lowest BCUT2D eigenvalue weighted by Gasteiger charge is -2.24. The van der Waals surface area contributed by atoms with Gasteiger partial charge in [-0.15, -0.1) is 0 Å². The summed E-state index contributed by atoms with van der Waals surface area (Å²) in [5.41, 5.74) is 1.49. The summed E-state index contributed by atoms with van der Waals surface area (Å²) in [6, 6.07) is 5.53. The Balaban J connectivity index is 1.57. The highest BCUT2D eigenvalue weighted by molar-refractivity contribution is 5.94. The number of carbonyl (C=O) groups is 1. The van der Waals surface area contributed by atoms with E-state index in [4.69, 9.17) is 0 Å². The Morgan fingerprint density at radius 2 is 2.12 bits per heavy atom. The van der Waals surface area contributed by atoms with Crippen molar-refractivity contribution >= 4 is 5.91 Å². The lowest BCUT2D eigenvalue weighted by atomic mass is 10.1. The molecular formula is C18H18N6O. The van der Waals surface area contributed by atoms with E-state index in [0.717, 1.165) is 36.7 Å². The van der Waals surface area contributed by atoms with Crippen LogP contribution in [-0.2, 0) is 0 Å². The number of likely N-dealkylation sites (tertiary alicyclic amines) is 1. The van der Waals surface area contributed by atoms with Gasteiger partial charge >= 0.3 is 0 Å². The van der Waals surface area contributed by atoms with Crippen LogP contribution in [0.5, 0.6) is 0 Å². The maximum atomic E-state index is 12.9. The zero-order chi connectivity index (χ0) is 17.2. The summed E-state index contributed by atoms with van der Waals surface area (Å²) in [6.07, 6.45) is 10.5. The summed E-state index contributed by atoms with van der Waals surface area (Å²) < 4.78 is 1.80. The Bertz CT molecular complexity index is 875. The summed E-state index contributed by atoms with van der Waals surface area (Å²) >= 11 is 0. The predicted molar refractivity (Wildman–Crippen MR) is 91.1 cm³/mol. The lowest BCUT2D eigenvalue weighted by molar-refractivity contribution is 0.0732. The van der Waals surface area contributed by atoms with Gasteiger partial charge in [-0.2, -0.15) is 0 Å². The highest BCUT2D eigenvalue weighted by atomic mass is 16.2. The molecular weight excluding hydrogens is 316 g/mol. The number of nitrogens with zero attached hydrogens (tertiary/aromatic N) is 6. The molecule has 4 heterocycles. The van der Waals surface area contributed by atoms with Gasteiger partial charge in [0.15, 0.2) is 0 Å². The zero-order valence-corrected chi connectivity index (χ0v) is 13.9. The van der Waals surface area contributed by atoms with Crippen molar-refractivity contribution in [1.29, 1.82) is 0 Å². The van der Waals surface area contributed by atoms with Crippen LogP contribution in [0.25, 0.3) is 5.82 Å². The number of hydrogen-bond donors (Lipinski definition) is 0. The van der Waals surface area contributed by atoms with Crippen molar-refractivity contribution in [3.05, 3.63) is 66.4 Å². The molecule has 0 radical (unpaired) electrons. The third kappa shape index (κ3) is 3.00. The molecule has 3 aromatic rings. The Morgan fingerprint density at radius 3 is 2.84 bits per heavy atom. The molecule has 4 rings (SSSR count). The van der Waals surface area contributed by atoms with Gasteiger partial charge in [-0.25, -0.2) is 19.9 Å². The SMILES string of the molecule is Cc1nccc([C@H]2CCCN2C(=O)c2ccc(-n3ccnc3)nc2)n1. The highest BCUT2D eigenvalue weighted by Gasteiger charge is 2.31. The van der Waals surface area contributed by atoms with Crippen molar-refractivity contribution in [2.75, 3.05) is 6.54 Å². The van der Waals surface area contributed by atoms with E-state index < -0.39 is 0 Å². The van der Waals surface area contributed by atoms with Gasteiger partial charge in [0, 0.05) is 31.3 Å². The van der Waals surface area contributed by atoms with Crippen LogP contribution in [0.15, 0.2) is 49.3 Å². The second-order valence-corrected chi connectivity index (χ2v) is 6.06. The van der Waals surface area contributed by atoms with Gasteiger partial charge in [-0.3, -0.25) is 9.36 Å². The van der Waals surface area contributed by atoms with Crippen LogP contribution in [0.1, 0.15) is 40.8 Å². The Labute approximate surface area is 145 Å². The van der Waals surface area contributed by atoms with Crippen LogP contribution in [-0.4, -0.2) is 41.9 Å². The van der Waals surface area contributed by atoms with Gasteiger partial charge in [-0.05, 0) is 38.0 Å².